The topological polar surface area (TPSA) is 0 Å². The van der Waals surface area contributed by atoms with Crippen molar-refractivity contribution < 1.29 is 0 Å². The summed E-state index contributed by atoms with van der Waals surface area (Å²) in [5.74, 6) is 0. The van der Waals surface area contributed by atoms with Crippen LogP contribution < -0.4 is 16.4 Å². The van der Waals surface area contributed by atoms with E-state index in [2.05, 4.69) is 91.9 Å². The second-order valence-corrected chi connectivity index (χ2v) is 8.89. The van der Waals surface area contributed by atoms with Gasteiger partial charge >= 0.3 is 0 Å². The van der Waals surface area contributed by atoms with Crippen LogP contribution in [0.15, 0.2) is 84.9 Å². The Hall–Kier alpha value is -2.28. The number of benzene rings is 3. The molecule has 0 radical (unpaired) electrons. The molecule has 0 heterocycles. The molecule has 0 saturated carbocycles. The molecule has 0 N–H and O–H groups in total. The molecule has 0 spiro atoms. The molecule has 0 aliphatic rings. The van der Waals surface area contributed by atoms with Gasteiger partial charge in [0, 0.05) is 0 Å². The van der Waals surface area contributed by atoms with Gasteiger partial charge in [0.1, 0.15) is 0 Å². The molecule has 3 aromatic rings. The minimum absolute atomic E-state index is 0.307. The van der Waals surface area contributed by atoms with Gasteiger partial charge in [-0.15, -0.1) is 0 Å². The SMILES string of the molecule is CCCCCCCCCCCCc1ccccc1B(c1ccccc1)c1ccccc1. The van der Waals surface area contributed by atoms with Crippen LogP contribution in [0.3, 0.4) is 0 Å². The quantitative estimate of drug-likeness (QED) is 0.206. The number of hydrogen-bond donors (Lipinski definition) is 0. The summed E-state index contributed by atoms with van der Waals surface area (Å²) in [6.07, 6.45) is 15.1. The summed E-state index contributed by atoms with van der Waals surface area (Å²) in [7, 11) is 0. The molecule has 0 aliphatic carbocycles. The van der Waals surface area contributed by atoms with Crippen molar-refractivity contribution in [3.63, 3.8) is 0 Å². The van der Waals surface area contributed by atoms with E-state index in [-0.39, 0.29) is 0 Å². The summed E-state index contributed by atoms with van der Waals surface area (Å²) in [6, 6.07) is 31.1. The first-order chi connectivity index (χ1) is 15.4. The summed E-state index contributed by atoms with van der Waals surface area (Å²) in [5, 5.41) is 0. The van der Waals surface area contributed by atoms with Gasteiger partial charge in [0.2, 0.25) is 6.71 Å². The minimum Gasteiger partial charge on any atom is -0.0687 e. The van der Waals surface area contributed by atoms with Crippen molar-refractivity contribution in [3.05, 3.63) is 90.5 Å². The maximum Gasteiger partial charge on any atom is 0.241 e. The fourth-order valence-electron chi connectivity index (χ4n) is 4.69. The molecule has 0 saturated heterocycles. The fourth-order valence-corrected chi connectivity index (χ4v) is 4.69. The Morgan fingerprint density at radius 2 is 0.935 bits per heavy atom. The van der Waals surface area contributed by atoms with Crippen LogP contribution in [0.5, 0.6) is 0 Å². The highest BCUT2D eigenvalue weighted by molar-refractivity contribution is 6.95. The average Bonchev–Trinajstić information content (AvgIpc) is 2.83. The Kier molecular flexibility index (Phi) is 10.5. The Balaban J connectivity index is 1.58. The molecule has 0 atom stereocenters. The second kappa shape index (κ2) is 13.9. The third-order valence-corrected chi connectivity index (χ3v) is 6.43. The van der Waals surface area contributed by atoms with Crippen LogP contribution in [0.25, 0.3) is 0 Å². The largest absolute Gasteiger partial charge is 0.241 e. The number of rotatable bonds is 14. The van der Waals surface area contributed by atoms with E-state index in [1.807, 2.05) is 0 Å². The van der Waals surface area contributed by atoms with Crippen molar-refractivity contribution in [2.45, 2.75) is 77.6 Å². The highest BCUT2D eigenvalue weighted by Gasteiger charge is 2.23. The number of aryl methyl sites for hydroxylation is 1. The van der Waals surface area contributed by atoms with Crippen molar-refractivity contribution in [2.75, 3.05) is 0 Å². The molecule has 0 nitrogen and oxygen atoms in total. The Morgan fingerprint density at radius 3 is 1.48 bits per heavy atom. The highest BCUT2D eigenvalue weighted by atomic mass is 14.1. The van der Waals surface area contributed by atoms with Gasteiger partial charge in [-0.05, 0) is 12.8 Å². The normalized spacial score (nSPS) is 10.9. The molecule has 162 valence electrons. The smallest absolute Gasteiger partial charge is 0.0687 e. The summed E-state index contributed by atoms with van der Waals surface area (Å²) < 4.78 is 0. The van der Waals surface area contributed by atoms with Crippen LogP contribution in [0.4, 0.5) is 0 Å². The first-order valence-electron chi connectivity index (χ1n) is 12.6. The van der Waals surface area contributed by atoms with Crippen molar-refractivity contribution in [1.29, 1.82) is 0 Å². The third-order valence-electron chi connectivity index (χ3n) is 6.43. The summed E-state index contributed by atoms with van der Waals surface area (Å²) >= 11 is 0. The molecule has 0 aromatic heterocycles. The lowest BCUT2D eigenvalue weighted by Gasteiger charge is -2.19. The van der Waals surface area contributed by atoms with Crippen LogP contribution in [0.2, 0.25) is 0 Å². The zero-order valence-corrected chi connectivity index (χ0v) is 19.4. The Morgan fingerprint density at radius 1 is 0.484 bits per heavy atom. The molecular weight excluding hydrogens is 371 g/mol. The van der Waals surface area contributed by atoms with E-state index in [0.29, 0.717) is 6.71 Å². The van der Waals surface area contributed by atoms with Gasteiger partial charge in [0.15, 0.2) is 0 Å². The van der Waals surface area contributed by atoms with E-state index < -0.39 is 0 Å². The van der Waals surface area contributed by atoms with E-state index in [1.165, 1.54) is 92.6 Å². The standard InChI is InChI=1S/C30H39B/c1-2-3-4-5-6-7-8-9-10-13-20-27-21-18-19-26-30(27)31(28-22-14-11-15-23-28)29-24-16-12-17-25-29/h11-12,14-19,21-26H,2-10,13,20H2,1H3. The van der Waals surface area contributed by atoms with Crippen LogP contribution in [0, 0.1) is 0 Å². The van der Waals surface area contributed by atoms with Gasteiger partial charge in [-0.3, -0.25) is 0 Å². The zero-order valence-electron chi connectivity index (χ0n) is 19.4. The van der Waals surface area contributed by atoms with Gasteiger partial charge in [-0.25, -0.2) is 0 Å². The van der Waals surface area contributed by atoms with Crippen molar-refractivity contribution in [1.82, 2.24) is 0 Å². The van der Waals surface area contributed by atoms with E-state index in [0.717, 1.165) is 0 Å². The van der Waals surface area contributed by atoms with Crippen LogP contribution >= 0.6 is 0 Å². The molecule has 0 unspecified atom stereocenters. The van der Waals surface area contributed by atoms with E-state index in [9.17, 15) is 0 Å². The van der Waals surface area contributed by atoms with Crippen molar-refractivity contribution in [2.24, 2.45) is 0 Å². The van der Waals surface area contributed by atoms with Crippen LogP contribution in [-0.2, 0) is 6.42 Å². The first-order valence-corrected chi connectivity index (χ1v) is 12.6. The summed E-state index contributed by atoms with van der Waals surface area (Å²) in [6.45, 7) is 2.60. The number of unbranched alkanes of at least 4 members (excludes halogenated alkanes) is 9. The van der Waals surface area contributed by atoms with Crippen LogP contribution in [-0.4, -0.2) is 6.71 Å². The molecule has 1 heteroatoms. The molecule has 3 rings (SSSR count). The van der Waals surface area contributed by atoms with Crippen molar-refractivity contribution >= 4 is 23.1 Å². The highest BCUT2D eigenvalue weighted by Crippen LogP contribution is 2.12. The lowest BCUT2D eigenvalue weighted by Crippen LogP contribution is -2.53. The molecule has 0 amide bonds. The second-order valence-electron chi connectivity index (χ2n) is 8.89. The molecule has 3 aromatic carbocycles. The lowest BCUT2D eigenvalue weighted by atomic mass is 9.36. The van der Waals surface area contributed by atoms with E-state index >= 15 is 0 Å². The third kappa shape index (κ3) is 7.73. The fraction of sp³-hybridized carbons (Fsp3) is 0.400. The van der Waals surface area contributed by atoms with E-state index in [4.69, 9.17) is 0 Å². The number of hydrogen-bond acceptors (Lipinski definition) is 0. The minimum atomic E-state index is 0.307. The predicted molar refractivity (Wildman–Crippen MR) is 140 cm³/mol. The zero-order chi connectivity index (χ0) is 21.6. The van der Waals surface area contributed by atoms with Crippen LogP contribution in [0.1, 0.15) is 76.7 Å². The Labute approximate surface area is 191 Å². The maximum atomic E-state index is 2.35. The monoisotopic (exact) mass is 410 g/mol. The average molecular weight is 410 g/mol. The predicted octanol–water partition coefficient (Wildman–Crippen LogP) is 6.67. The molecule has 0 bridgehead atoms. The van der Waals surface area contributed by atoms with E-state index in [1.54, 1.807) is 0 Å². The van der Waals surface area contributed by atoms with Gasteiger partial charge in [-0.1, -0.05) is 172 Å². The van der Waals surface area contributed by atoms with Gasteiger partial charge < -0.3 is 0 Å². The summed E-state index contributed by atoms with van der Waals surface area (Å²) in [5.41, 5.74) is 5.74. The van der Waals surface area contributed by atoms with Gasteiger partial charge in [0.25, 0.3) is 0 Å². The van der Waals surface area contributed by atoms with Gasteiger partial charge in [0.05, 0.1) is 0 Å². The molecule has 31 heavy (non-hydrogen) atoms. The molecule has 0 fully saturated rings. The van der Waals surface area contributed by atoms with Crippen molar-refractivity contribution in [3.8, 4) is 0 Å². The first kappa shape index (κ1) is 23.4. The molecular formula is C30H39B. The molecule has 0 aliphatic heterocycles. The maximum absolute atomic E-state index is 2.35. The summed E-state index contributed by atoms with van der Waals surface area (Å²) in [4.78, 5) is 0. The van der Waals surface area contributed by atoms with Gasteiger partial charge in [-0.2, -0.15) is 0 Å². The lowest BCUT2D eigenvalue weighted by molar-refractivity contribution is 0.556. The Bertz CT molecular complexity index is 801.